The summed E-state index contributed by atoms with van der Waals surface area (Å²) in [6.07, 6.45) is -1.29. The van der Waals surface area contributed by atoms with Gasteiger partial charge < -0.3 is 4.90 Å². The smallest absolute Gasteiger partial charge is 0.369 e. The van der Waals surface area contributed by atoms with Gasteiger partial charge in [-0.1, -0.05) is 24.7 Å². The molecule has 0 amide bonds. The highest BCUT2D eigenvalue weighted by atomic mass is 32.2. The Labute approximate surface area is 182 Å². The minimum absolute atomic E-state index is 0.0492. The van der Waals surface area contributed by atoms with Crippen molar-refractivity contribution in [3.8, 4) is 0 Å². The molecule has 0 radical (unpaired) electrons. The first-order valence-electron chi connectivity index (χ1n) is 9.76. The zero-order valence-electron chi connectivity index (χ0n) is 17.1. The van der Waals surface area contributed by atoms with Crippen LogP contribution in [0.3, 0.4) is 0 Å². The van der Waals surface area contributed by atoms with Gasteiger partial charge in [0.2, 0.25) is 10.0 Å². The Bertz CT molecular complexity index is 1030. The van der Waals surface area contributed by atoms with Gasteiger partial charge in [0.05, 0.1) is 5.69 Å². The summed E-state index contributed by atoms with van der Waals surface area (Å²) in [6.45, 7) is 4.92. The number of azo groups is 1. The highest BCUT2D eigenvalue weighted by Crippen LogP contribution is 2.40. The van der Waals surface area contributed by atoms with E-state index in [0.29, 0.717) is 0 Å². The minimum Gasteiger partial charge on any atom is -0.369 e. The number of benzene rings is 1. The van der Waals surface area contributed by atoms with Gasteiger partial charge in [0.25, 0.3) is 5.13 Å². The largest absolute Gasteiger partial charge is 0.404 e. The molecule has 1 atom stereocenters. The van der Waals surface area contributed by atoms with E-state index in [-0.39, 0.29) is 22.5 Å². The molecule has 0 fully saturated rings. The Morgan fingerprint density at radius 2 is 2.10 bits per heavy atom. The van der Waals surface area contributed by atoms with Crippen molar-refractivity contribution in [2.45, 2.75) is 51.7 Å². The van der Waals surface area contributed by atoms with Crippen molar-refractivity contribution in [2.75, 3.05) is 21.9 Å². The highest BCUT2D eigenvalue weighted by Gasteiger charge is 2.36. The molecule has 170 valence electrons. The summed E-state index contributed by atoms with van der Waals surface area (Å²) in [4.78, 5) is 2.16. The van der Waals surface area contributed by atoms with Crippen LogP contribution in [0, 0.1) is 0 Å². The summed E-state index contributed by atoms with van der Waals surface area (Å²) < 4.78 is 64.5. The van der Waals surface area contributed by atoms with E-state index in [1.807, 2.05) is 0 Å². The van der Waals surface area contributed by atoms with Crippen LogP contribution in [0.4, 0.5) is 35.4 Å². The first-order chi connectivity index (χ1) is 14.6. The van der Waals surface area contributed by atoms with Gasteiger partial charge in [0.1, 0.15) is 11.2 Å². The average molecular weight is 477 g/mol. The average Bonchev–Trinajstić information content (AvgIpc) is 3.17. The summed E-state index contributed by atoms with van der Waals surface area (Å²) in [7, 11) is -4.68. The van der Waals surface area contributed by atoms with E-state index < -0.39 is 22.0 Å². The lowest BCUT2D eigenvalue weighted by molar-refractivity contribution is -0.106. The molecular formula is C18H23F3N6O2S2. The summed E-state index contributed by atoms with van der Waals surface area (Å²) in [5.74, 6) is -1.99. The van der Waals surface area contributed by atoms with Crippen LogP contribution in [0.2, 0.25) is 0 Å². The van der Waals surface area contributed by atoms with Gasteiger partial charge in [-0.05, 0) is 43.9 Å². The van der Waals surface area contributed by atoms with Gasteiger partial charge in [-0.2, -0.15) is 13.2 Å². The fourth-order valence-electron chi connectivity index (χ4n) is 3.41. The van der Waals surface area contributed by atoms with Gasteiger partial charge in [-0.3, -0.25) is 4.72 Å². The standard InChI is InChI=1S/C18H23F3N6O2S2/c1-3-4-7-27-12(2)5-6-13-8-14(23-25-17-24-22-11-30-17)15(9-16(13)27)26-31(28,29)10-18(19,20)21/h8-9,11-12,26H,3-7,10H2,1-2H3. The van der Waals surface area contributed by atoms with E-state index in [9.17, 15) is 21.6 Å². The van der Waals surface area contributed by atoms with Gasteiger partial charge in [-0.15, -0.1) is 20.4 Å². The number of alkyl halides is 3. The van der Waals surface area contributed by atoms with Gasteiger partial charge in [0.15, 0.2) is 5.75 Å². The molecule has 0 aliphatic carbocycles. The maximum absolute atomic E-state index is 12.7. The number of aromatic nitrogens is 2. The van der Waals surface area contributed by atoms with E-state index in [0.717, 1.165) is 54.8 Å². The molecule has 1 aromatic carbocycles. The number of sulfonamides is 1. The van der Waals surface area contributed by atoms with Crippen LogP contribution in [0.1, 0.15) is 38.7 Å². The Kier molecular flexibility index (Phi) is 7.14. The second-order valence-corrected chi connectivity index (χ2v) is 9.86. The van der Waals surface area contributed by atoms with Crippen molar-refractivity contribution in [2.24, 2.45) is 10.2 Å². The van der Waals surface area contributed by atoms with Gasteiger partial charge in [-0.25, -0.2) is 8.42 Å². The fourth-order valence-corrected chi connectivity index (χ4v) is 4.78. The molecule has 0 spiro atoms. The van der Waals surface area contributed by atoms with E-state index >= 15 is 0 Å². The van der Waals surface area contributed by atoms with E-state index in [1.165, 1.54) is 5.51 Å². The lowest BCUT2D eigenvalue weighted by atomic mass is 9.95. The number of hydrogen-bond donors (Lipinski definition) is 1. The molecule has 1 aliphatic heterocycles. The molecule has 8 nitrogen and oxygen atoms in total. The third kappa shape index (κ3) is 6.35. The molecule has 1 N–H and O–H groups in total. The summed E-state index contributed by atoms with van der Waals surface area (Å²) in [5, 5.41) is 15.6. The summed E-state index contributed by atoms with van der Waals surface area (Å²) in [5.41, 5.74) is 3.28. The Balaban J connectivity index is 2.03. The number of anilines is 2. The first kappa shape index (κ1) is 23.4. The van der Waals surface area contributed by atoms with Crippen LogP contribution < -0.4 is 9.62 Å². The van der Waals surface area contributed by atoms with E-state index in [1.54, 1.807) is 12.1 Å². The van der Waals surface area contributed by atoms with E-state index in [4.69, 9.17) is 0 Å². The molecule has 3 rings (SSSR count). The number of nitrogens with zero attached hydrogens (tertiary/aromatic N) is 5. The van der Waals surface area contributed by atoms with Crippen molar-refractivity contribution in [1.29, 1.82) is 0 Å². The number of rotatable bonds is 8. The summed E-state index contributed by atoms with van der Waals surface area (Å²) in [6, 6.07) is 3.46. The third-order valence-electron chi connectivity index (χ3n) is 4.83. The SMILES string of the molecule is CCCCN1c2cc(NS(=O)(=O)CC(F)(F)F)c(N=Nc3nncs3)cc2CCC1C. The highest BCUT2D eigenvalue weighted by molar-refractivity contribution is 7.92. The molecule has 1 aromatic heterocycles. The molecular weight excluding hydrogens is 453 g/mol. The fraction of sp³-hybridized carbons (Fsp3) is 0.556. The van der Waals surface area contributed by atoms with Crippen LogP contribution in [-0.4, -0.2) is 43.1 Å². The third-order valence-corrected chi connectivity index (χ3v) is 6.65. The van der Waals surface area contributed by atoms with Crippen LogP contribution in [-0.2, 0) is 16.4 Å². The quantitative estimate of drug-likeness (QED) is 0.528. The van der Waals surface area contributed by atoms with Crippen molar-refractivity contribution >= 4 is 43.6 Å². The Morgan fingerprint density at radius 3 is 2.74 bits per heavy atom. The Morgan fingerprint density at radius 1 is 1.32 bits per heavy atom. The molecule has 31 heavy (non-hydrogen) atoms. The second-order valence-electron chi connectivity index (χ2n) is 7.33. The van der Waals surface area contributed by atoms with Gasteiger partial charge >= 0.3 is 6.18 Å². The Hall–Kier alpha value is -2.28. The lowest BCUT2D eigenvalue weighted by Crippen LogP contribution is -2.38. The molecule has 2 aromatic rings. The molecule has 0 saturated heterocycles. The summed E-state index contributed by atoms with van der Waals surface area (Å²) >= 11 is 1.13. The van der Waals surface area contributed by atoms with Crippen molar-refractivity contribution in [3.63, 3.8) is 0 Å². The van der Waals surface area contributed by atoms with Gasteiger partial charge in [0, 0.05) is 18.3 Å². The second kappa shape index (κ2) is 9.47. The number of aryl methyl sites for hydroxylation is 1. The number of nitrogens with one attached hydrogen (secondary N) is 1. The molecule has 0 bridgehead atoms. The minimum atomic E-state index is -4.87. The number of hydrogen-bond acceptors (Lipinski definition) is 8. The van der Waals surface area contributed by atoms with Crippen molar-refractivity contribution in [1.82, 2.24) is 10.2 Å². The normalized spacial score (nSPS) is 17.2. The lowest BCUT2D eigenvalue weighted by Gasteiger charge is -2.37. The number of fused-ring (bicyclic) bond motifs is 1. The van der Waals surface area contributed by atoms with Crippen LogP contribution in [0.15, 0.2) is 27.9 Å². The molecule has 1 unspecified atom stereocenters. The van der Waals surface area contributed by atoms with Crippen LogP contribution >= 0.6 is 11.3 Å². The monoisotopic (exact) mass is 476 g/mol. The zero-order chi connectivity index (χ0) is 22.6. The number of halogens is 3. The predicted molar refractivity (Wildman–Crippen MR) is 114 cm³/mol. The van der Waals surface area contributed by atoms with Crippen molar-refractivity contribution < 1.29 is 21.6 Å². The van der Waals surface area contributed by atoms with Crippen LogP contribution in [0.5, 0.6) is 0 Å². The molecule has 13 heteroatoms. The maximum atomic E-state index is 12.7. The topological polar surface area (TPSA) is 99.9 Å². The molecule has 1 aliphatic rings. The predicted octanol–water partition coefficient (Wildman–Crippen LogP) is 5.20. The van der Waals surface area contributed by atoms with Crippen LogP contribution in [0.25, 0.3) is 0 Å². The van der Waals surface area contributed by atoms with E-state index in [2.05, 4.69) is 43.9 Å². The zero-order valence-corrected chi connectivity index (χ0v) is 18.7. The molecule has 0 saturated carbocycles. The number of unbranched alkanes of at least 4 members (excludes halogenated alkanes) is 1. The maximum Gasteiger partial charge on any atom is 0.404 e. The van der Waals surface area contributed by atoms with Crippen molar-refractivity contribution in [3.05, 3.63) is 23.2 Å². The first-order valence-corrected chi connectivity index (χ1v) is 12.3. The molecule has 2 heterocycles.